The largest absolute Gasteiger partial charge is 0.480 e. The number of rotatable bonds is 4. The van der Waals surface area contributed by atoms with Gasteiger partial charge in [0, 0.05) is 6.42 Å². The Kier molecular flexibility index (Phi) is 3.97. The number of halogens is 2. The molecule has 0 spiro atoms. The fourth-order valence-corrected chi connectivity index (χ4v) is 1.53. The molecule has 3 N–H and O–H groups in total. The molecule has 3 nitrogen and oxygen atoms in total. The number of carboxylic acids is 1. The van der Waals surface area contributed by atoms with Gasteiger partial charge in [-0.05, 0) is 5.56 Å². The number of carbonyl (C=O) groups is 1. The van der Waals surface area contributed by atoms with E-state index < -0.39 is 16.3 Å². The molecule has 15 heavy (non-hydrogen) atoms. The van der Waals surface area contributed by atoms with E-state index >= 15 is 0 Å². The second kappa shape index (κ2) is 4.84. The quantitative estimate of drug-likeness (QED) is 0.631. The second-order valence-electron chi connectivity index (χ2n) is 3.29. The minimum atomic E-state index is -1.48. The normalized spacial score (nSPS) is 16.7. The molecule has 0 radical (unpaired) electrons. The van der Waals surface area contributed by atoms with Gasteiger partial charge in [-0.2, -0.15) is 0 Å². The van der Waals surface area contributed by atoms with Crippen LogP contribution in [0, 0.1) is 0 Å². The highest BCUT2D eigenvalue weighted by Gasteiger charge is 2.36. The number of aliphatic carboxylic acids is 1. The zero-order chi connectivity index (χ0) is 11.5. The van der Waals surface area contributed by atoms with Gasteiger partial charge in [0.15, 0.2) is 5.38 Å². The zero-order valence-electron chi connectivity index (χ0n) is 7.86. The molecule has 0 saturated heterocycles. The van der Waals surface area contributed by atoms with Crippen molar-refractivity contribution in [1.82, 2.24) is 0 Å². The molecule has 1 rings (SSSR count). The maximum absolute atomic E-state index is 10.6. The lowest BCUT2D eigenvalue weighted by atomic mass is 10.0. The molecule has 2 atom stereocenters. The van der Waals surface area contributed by atoms with E-state index in [0.29, 0.717) is 0 Å². The first-order valence-electron chi connectivity index (χ1n) is 4.32. The Morgan fingerprint density at radius 3 is 2.47 bits per heavy atom. The van der Waals surface area contributed by atoms with Crippen LogP contribution >= 0.6 is 23.2 Å². The molecule has 0 aliphatic carbocycles. The smallest absolute Gasteiger partial charge is 0.324 e. The second-order valence-corrected chi connectivity index (χ2v) is 4.43. The monoisotopic (exact) mass is 247 g/mol. The number of hydrogen-bond donors (Lipinski definition) is 2. The van der Waals surface area contributed by atoms with Crippen LogP contribution in [0.4, 0.5) is 0 Å². The maximum Gasteiger partial charge on any atom is 0.324 e. The lowest BCUT2D eigenvalue weighted by Crippen LogP contribution is -2.48. The third kappa shape index (κ3) is 3.38. The molecule has 2 unspecified atom stereocenters. The van der Waals surface area contributed by atoms with Crippen molar-refractivity contribution in [2.45, 2.75) is 16.8 Å². The van der Waals surface area contributed by atoms with Crippen molar-refractivity contribution in [1.29, 1.82) is 0 Å². The Hall–Kier alpha value is -0.770. The van der Waals surface area contributed by atoms with Gasteiger partial charge in [0.05, 0.1) is 0 Å². The summed E-state index contributed by atoms with van der Waals surface area (Å²) in [5.41, 5.74) is 6.49. The Labute approximate surface area is 97.8 Å². The first kappa shape index (κ1) is 12.3. The maximum atomic E-state index is 10.6. The molecule has 0 heterocycles. The van der Waals surface area contributed by atoms with E-state index in [1.54, 1.807) is 0 Å². The molecule has 0 bridgehead atoms. The van der Waals surface area contributed by atoms with Crippen LogP contribution in [0.5, 0.6) is 0 Å². The van der Waals surface area contributed by atoms with Gasteiger partial charge in [0.25, 0.3) is 0 Å². The molecule has 82 valence electrons. The molecule has 0 aliphatic heterocycles. The summed E-state index contributed by atoms with van der Waals surface area (Å²) in [6.45, 7) is 0. The number of alkyl halides is 2. The zero-order valence-corrected chi connectivity index (χ0v) is 9.37. The van der Waals surface area contributed by atoms with Gasteiger partial charge in [0.2, 0.25) is 0 Å². The van der Waals surface area contributed by atoms with Crippen molar-refractivity contribution in [2.75, 3.05) is 0 Å². The highest BCUT2D eigenvalue weighted by Crippen LogP contribution is 2.23. The van der Waals surface area contributed by atoms with Crippen LogP contribution in [0.3, 0.4) is 0 Å². The highest BCUT2D eigenvalue weighted by atomic mass is 35.5. The van der Waals surface area contributed by atoms with Crippen molar-refractivity contribution < 1.29 is 9.90 Å². The number of benzene rings is 1. The summed E-state index contributed by atoms with van der Waals surface area (Å²) >= 11 is 11.5. The molecule has 1 aromatic carbocycles. The van der Waals surface area contributed by atoms with E-state index in [9.17, 15) is 4.79 Å². The van der Waals surface area contributed by atoms with E-state index in [1.165, 1.54) is 0 Å². The van der Waals surface area contributed by atoms with Gasteiger partial charge >= 0.3 is 5.97 Å². The van der Waals surface area contributed by atoms with E-state index in [2.05, 4.69) is 0 Å². The average Bonchev–Trinajstić information content (AvgIpc) is 2.17. The SMILES string of the molecule is NC(Cl)(Cc1ccccc1)C(Cl)C(=O)O. The van der Waals surface area contributed by atoms with Gasteiger partial charge in [-0.25, -0.2) is 0 Å². The lowest BCUT2D eigenvalue weighted by Gasteiger charge is -2.24. The third-order valence-electron chi connectivity index (χ3n) is 1.96. The van der Waals surface area contributed by atoms with Gasteiger partial charge < -0.3 is 10.8 Å². The van der Waals surface area contributed by atoms with Crippen molar-refractivity contribution >= 4 is 29.2 Å². The first-order valence-corrected chi connectivity index (χ1v) is 5.13. The minimum Gasteiger partial charge on any atom is -0.480 e. The summed E-state index contributed by atoms with van der Waals surface area (Å²) in [6, 6.07) is 9.13. The van der Waals surface area contributed by atoms with Crippen molar-refractivity contribution in [2.24, 2.45) is 5.73 Å². The van der Waals surface area contributed by atoms with E-state index in [0.717, 1.165) is 5.56 Å². The summed E-state index contributed by atoms with van der Waals surface area (Å²) in [5.74, 6) is -1.22. The Morgan fingerprint density at radius 2 is 2.00 bits per heavy atom. The predicted molar refractivity (Wildman–Crippen MR) is 60.2 cm³/mol. The summed E-state index contributed by atoms with van der Waals surface area (Å²) in [5, 5.41) is 7.38. The van der Waals surface area contributed by atoms with E-state index in [4.69, 9.17) is 34.0 Å². The van der Waals surface area contributed by atoms with Gasteiger partial charge in [0.1, 0.15) is 5.00 Å². The van der Waals surface area contributed by atoms with Gasteiger partial charge in [-0.15, -0.1) is 11.6 Å². The van der Waals surface area contributed by atoms with Crippen LogP contribution in [0.25, 0.3) is 0 Å². The van der Waals surface area contributed by atoms with E-state index in [-0.39, 0.29) is 6.42 Å². The fraction of sp³-hybridized carbons (Fsp3) is 0.300. The van der Waals surface area contributed by atoms with Gasteiger partial charge in [-0.1, -0.05) is 41.9 Å². The molecular formula is C10H11Cl2NO2. The molecule has 0 saturated carbocycles. The molecular weight excluding hydrogens is 237 g/mol. The lowest BCUT2D eigenvalue weighted by molar-refractivity contribution is -0.137. The number of hydrogen-bond acceptors (Lipinski definition) is 2. The summed E-state index contributed by atoms with van der Waals surface area (Å²) < 4.78 is 0. The van der Waals surface area contributed by atoms with Crippen molar-refractivity contribution in [3.8, 4) is 0 Å². The van der Waals surface area contributed by atoms with E-state index in [1.807, 2.05) is 30.3 Å². The third-order valence-corrected chi connectivity index (χ3v) is 3.00. The molecule has 0 aliphatic rings. The number of nitrogens with two attached hydrogens (primary N) is 1. The standard InChI is InChI=1S/C10H11Cl2NO2/c11-8(9(14)15)10(12,13)6-7-4-2-1-3-5-7/h1-5,8H,6,13H2,(H,14,15). The van der Waals surface area contributed by atoms with Crippen LogP contribution in [-0.4, -0.2) is 21.5 Å². The Bertz CT molecular complexity index is 341. The molecule has 0 amide bonds. The van der Waals surface area contributed by atoms with Crippen molar-refractivity contribution in [3.63, 3.8) is 0 Å². The van der Waals surface area contributed by atoms with Crippen LogP contribution < -0.4 is 5.73 Å². The summed E-state index contributed by atoms with van der Waals surface area (Å²) in [7, 11) is 0. The van der Waals surface area contributed by atoms with Crippen LogP contribution in [-0.2, 0) is 11.2 Å². The topological polar surface area (TPSA) is 63.3 Å². The summed E-state index contributed by atoms with van der Waals surface area (Å²) in [4.78, 5) is 9.16. The van der Waals surface area contributed by atoms with Crippen molar-refractivity contribution in [3.05, 3.63) is 35.9 Å². The highest BCUT2D eigenvalue weighted by molar-refractivity contribution is 6.38. The molecule has 1 aromatic rings. The predicted octanol–water partition coefficient (Wildman–Crippen LogP) is 1.81. The molecule has 5 heteroatoms. The fourth-order valence-electron chi connectivity index (χ4n) is 1.20. The Morgan fingerprint density at radius 1 is 1.47 bits per heavy atom. The van der Waals surface area contributed by atoms with Gasteiger partial charge in [-0.3, -0.25) is 4.79 Å². The van der Waals surface area contributed by atoms with Crippen LogP contribution in [0.1, 0.15) is 5.56 Å². The summed E-state index contributed by atoms with van der Waals surface area (Å²) in [6.07, 6.45) is 0.204. The van der Waals surface area contributed by atoms with Crippen LogP contribution in [0.15, 0.2) is 30.3 Å². The molecule has 0 aromatic heterocycles. The average molecular weight is 248 g/mol. The molecule has 0 fully saturated rings. The minimum absolute atomic E-state index is 0.204. The first-order chi connectivity index (χ1) is 6.93. The Balaban J connectivity index is 2.76. The van der Waals surface area contributed by atoms with Crippen LogP contribution in [0.2, 0.25) is 0 Å². The number of carboxylic acid groups (broad SMARTS) is 1.